The molecule has 1 aromatic rings. The van der Waals surface area contributed by atoms with Gasteiger partial charge in [-0.2, -0.15) is 0 Å². The third-order valence-electron chi connectivity index (χ3n) is 1.55. The summed E-state index contributed by atoms with van der Waals surface area (Å²) < 4.78 is 26.2. The molecule has 0 aliphatic rings. The topological polar surface area (TPSA) is 83.5 Å². The molecular formula is C8H10BrNO4S2. The van der Waals surface area contributed by atoms with E-state index >= 15 is 0 Å². The maximum absolute atomic E-state index is 11.8. The lowest BCUT2D eigenvalue weighted by Crippen LogP contribution is -2.30. The SMILES string of the molecule is CC(C)NS(=O)(=O)c1cc(C(=O)O)sc1Br. The van der Waals surface area contributed by atoms with E-state index in [2.05, 4.69) is 20.7 Å². The summed E-state index contributed by atoms with van der Waals surface area (Å²) in [5.41, 5.74) is 0. The largest absolute Gasteiger partial charge is 0.477 e. The van der Waals surface area contributed by atoms with Crippen molar-refractivity contribution in [2.24, 2.45) is 0 Å². The number of halogens is 1. The average molecular weight is 328 g/mol. The van der Waals surface area contributed by atoms with Gasteiger partial charge in [0.1, 0.15) is 9.77 Å². The van der Waals surface area contributed by atoms with Crippen LogP contribution in [0.4, 0.5) is 0 Å². The van der Waals surface area contributed by atoms with Crippen molar-refractivity contribution in [3.63, 3.8) is 0 Å². The zero-order valence-corrected chi connectivity index (χ0v) is 11.7. The van der Waals surface area contributed by atoms with E-state index in [4.69, 9.17) is 5.11 Å². The molecule has 0 spiro atoms. The first-order chi connectivity index (χ1) is 7.24. The first kappa shape index (κ1) is 13.6. The fourth-order valence-electron chi connectivity index (χ4n) is 1.01. The third kappa shape index (κ3) is 3.03. The van der Waals surface area contributed by atoms with Crippen LogP contribution < -0.4 is 4.72 Å². The van der Waals surface area contributed by atoms with E-state index in [1.165, 1.54) is 0 Å². The van der Waals surface area contributed by atoms with Crippen LogP contribution in [0.2, 0.25) is 0 Å². The molecule has 1 rings (SSSR count). The quantitative estimate of drug-likeness (QED) is 0.884. The summed E-state index contributed by atoms with van der Waals surface area (Å²) in [6.07, 6.45) is 0. The number of nitrogens with one attached hydrogen (secondary N) is 1. The molecule has 0 radical (unpaired) electrons. The summed E-state index contributed by atoms with van der Waals surface area (Å²) in [5, 5.41) is 8.74. The van der Waals surface area contributed by atoms with Crippen LogP contribution in [-0.2, 0) is 10.0 Å². The Morgan fingerprint density at radius 3 is 2.50 bits per heavy atom. The van der Waals surface area contributed by atoms with Gasteiger partial charge in [-0.25, -0.2) is 17.9 Å². The number of carbonyl (C=O) groups is 1. The van der Waals surface area contributed by atoms with Crippen molar-refractivity contribution >= 4 is 43.3 Å². The Balaban J connectivity index is 3.18. The summed E-state index contributed by atoms with van der Waals surface area (Å²) >= 11 is 3.92. The fraction of sp³-hybridized carbons (Fsp3) is 0.375. The lowest BCUT2D eigenvalue weighted by Gasteiger charge is -2.07. The van der Waals surface area contributed by atoms with Crippen LogP contribution in [0.5, 0.6) is 0 Å². The molecule has 0 saturated carbocycles. The highest BCUT2D eigenvalue weighted by molar-refractivity contribution is 9.11. The molecule has 1 aromatic heterocycles. The second kappa shape index (κ2) is 4.82. The molecule has 0 fully saturated rings. The molecule has 2 N–H and O–H groups in total. The van der Waals surface area contributed by atoms with Crippen molar-refractivity contribution in [1.82, 2.24) is 4.72 Å². The molecule has 90 valence electrons. The van der Waals surface area contributed by atoms with Crippen LogP contribution >= 0.6 is 27.3 Å². The van der Waals surface area contributed by atoms with Gasteiger partial charge in [0.2, 0.25) is 10.0 Å². The van der Waals surface area contributed by atoms with Gasteiger partial charge in [0, 0.05) is 6.04 Å². The van der Waals surface area contributed by atoms with Crippen LogP contribution in [0.3, 0.4) is 0 Å². The molecule has 0 atom stereocenters. The minimum absolute atomic E-state index is 0.0176. The number of rotatable bonds is 4. The summed E-state index contributed by atoms with van der Waals surface area (Å²) in [6, 6.07) is 0.895. The molecule has 0 aliphatic heterocycles. The van der Waals surface area contributed by atoms with Crippen molar-refractivity contribution in [2.75, 3.05) is 0 Å². The van der Waals surface area contributed by atoms with Gasteiger partial charge < -0.3 is 5.11 Å². The van der Waals surface area contributed by atoms with Crippen molar-refractivity contribution in [3.05, 3.63) is 14.7 Å². The zero-order chi connectivity index (χ0) is 12.5. The van der Waals surface area contributed by atoms with Crippen molar-refractivity contribution in [1.29, 1.82) is 0 Å². The molecule has 1 heterocycles. The minimum atomic E-state index is -3.65. The van der Waals surface area contributed by atoms with Gasteiger partial charge in [0.05, 0.1) is 3.79 Å². The highest BCUT2D eigenvalue weighted by Crippen LogP contribution is 2.31. The van der Waals surface area contributed by atoms with Crippen LogP contribution in [0, 0.1) is 0 Å². The third-order valence-corrected chi connectivity index (χ3v) is 5.45. The molecule has 5 nitrogen and oxygen atoms in total. The Morgan fingerprint density at radius 1 is 1.56 bits per heavy atom. The summed E-state index contributed by atoms with van der Waals surface area (Å²) in [5.74, 6) is -1.14. The van der Waals surface area contributed by atoms with Gasteiger partial charge in [-0.15, -0.1) is 11.3 Å². The Labute approximate surface area is 106 Å². The molecule has 0 saturated heterocycles. The number of carboxylic acid groups (broad SMARTS) is 1. The van der Waals surface area contributed by atoms with Crippen molar-refractivity contribution < 1.29 is 18.3 Å². The van der Waals surface area contributed by atoms with E-state index in [1.54, 1.807) is 13.8 Å². The second-order valence-corrected chi connectivity index (χ2v) is 7.38. The Kier molecular flexibility index (Phi) is 4.11. The number of hydrogen-bond acceptors (Lipinski definition) is 4. The molecule has 0 amide bonds. The molecular weight excluding hydrogens is 318 g/mol. The standard InChI is InChI=1S/C8H10BrNO4S2/c1-4(2)10-16(13,14)6-3-5(8(11)12)15-7(6)9/h3-4,10H,1-2H3,(H,11,12). The van der Waals surface area contributed by atoms with Crippen molar-refractivity contribution in [3.8, 4) is 0 Å². The molecule has 0 bridgehead atoms. The lowest BCUT2D eigenvalue weighted by molar-refractivity contribution is 0.0702. The van der Waals surface area contributed by atoms with E-state index < -0.39 is 16.0 Å². The van der Waals surface area contributed by atoms with E-state index in [9.17, 15) is 13.2 Å². The summed E-state index contributed by atoms with van der Waals surface area (Å²) in [6.45, 7) is 3.38. The van der Waals surface area contributed by atoms with Crippen LogP contribution in [-0.4, -0.2) is 25.5 Å². The van der Waals surface area contributed by atoms with Gasteiger partial charge in [-0.05, 0) is 35.8 Å². The predicted octanol–water partition coefficient (Wildman–Crippen LogP) is 1.90. The second-order valence-electron chi connectivity index (χ2n) is 3.33. The minimum Gasteiger partial charge on any atom is -0.477 e. The van der Waals surface area contributed by atoms with Gasteiger partial charge in [0.25, 0.3) is 0 Å². The molecule has 0 aliphatic carbocycles. The maximum Gasteiger partial charge on any atom is 0.345 e. The fourth-order valence-corrected chi connectivity index (χ4v) is 4.67. The highest BCUT2D eigenvalue weighted by atomic mass is 79.9. The number of aromatic carboxylic acids is 1. The number of sulfonamides is 1. The molecule has 0 aromatic carbocycles. The average Bonchev–Trinajstić information content (AvgIpc) is 2.45. The zero-order valence-electron chi connectivity index (χ0n) is 8.52. The van der Waals surface area contributed by atoms with Crippen molar-refractivity contribution in [2.45, 2.75) is 24.8 Å². The molecule has 0 unspecified atom stereocenters. The van der Waals surface area contributed by atoms with Crippen LogP contribution in [0.25, 0.3) is 0 Å². The first-order valence-electron chi connectivity index (χ1n) is 4.29. The number of thiophene rings is 1. The number of carboxylic acids is 1. The van der Waals surface area contributed by atoms with Crippen LogP contribution in [0.1, 0.15) is 23.5 Å². The Morgan fingerprint density at radius 2 is 2.12 bits per heavy atom. The van der Waals surface area contributed by atoms with Gasteiger partial charge in [-0.1, -0.05) is 0 Å². The van der Waals surface area contributed by atoms with E-state index in [1.807, 2.05) is 0 Å². The summed E-state index contributed by atoms with van der Waals surface area (Å²) in [4.78, 5) is 10.6. The van der Waals surface area contributed by atoms with E-state index in [-0.39, 0.29) is 19.6 Å². The summed E-state index contributed by atoms with van der Waals surface area (Å²) in [7, 11) is -3.65. The maximum atomic E-state index is 11.8. The normalized spacial score (nSPS) is 12.0. The Hall–Kier alpha value is -0.440. The van der Waals surface area contributed by atoms with Gasteiger partial charge in [-0.3, -0.25) is 0 Å². The Bertz CT molecular complexity index is 506. The first-order valence-corrected chi connectivity index (χ1v) is 7.38. The molecule has 16 heavy (non-hydrogen) atoms. The van der Waals surface area contributed by atoms with Crippen LogP contribution in [0.15, 0.2) is 14.7 Å². The van der Waals surface area contributed by atoms with Gasteiger partial charge in [0.15, 0.2) is 0 Å². The smallest absolute Gasteiger partial charge is 0.345 e. The molecule has 8 heteroatoms. The van der Waals surface area contributed by atoms with E-state index in [0.717, 1.165) is 17.4 Å². The number of hydrogen-bond donors (Lipinski definition) is 2. The highest BCUT2D eigenvalue weighted by Gasteiger charge is 2.23. The monoisotopic (exact) mass is 327 g/mol. The predicted molar refractivity (Wildman–Crippen MR) is 64.4 cm³/mol. The lowest BCUT2D eigenvalue weighted by atomic mass is 10.4. The van der Waals surface area contributed by atoms with Gasteiger partial charge >= 0.3 is 5.97 Å². The van der Waals surface area contributed by atoms with E-state index in [0.29, 0.717) is 0 Å².